The summed E-state index contributed by atoms with van der Waals surface area (Å²) in [6, 6.07) is 0. The number of ether oxygens (including phenoxy) is 1. The van der Waals surface area contributed by atoms with E-state index < -0.39 is 0 Å². The van der Waals surface area contributed by atoms with Crippen molar-refractivity contribution < 1.29 is 9.53 Å². The highest BCUT2D eigenvalue weighted by Gasteiger charge is 2.30. The summed E-state index contributed by atoms with van der Waals surface area (Å²) >= 11 is 1.24. The Bertz CT molecular complexity index is 315. The van der Waals surface area contributed by atoms with Gasteiger partial charge in [-0.25, -0.2) is 0 Å². The minimum Gasteiger partial charge on any atom is -0.469 e. The first kappa shape index (κ1) is 9.32. The number of anilines is 1. The van der Waals surface area contributed by atoms with Crippen LogP contribution in [-0.2, 0) is 9.53 Å². The molecule has 1 atom stereocenters. The topological polar surface area (TPSA) is 68.2 Å². The maximum absolute atomic E-state index is 11.2. The monoisotopic (exact) mass is 214 g/mol. The van der Waals surface area contributed by atoms with E-state index in [1.807, 2.05) is 4.90 Å². The molecule has 7 heteroatoms. The highest BCUT2D eigenvalue weighted by Crippen LogP contribution is 2.24. The van der Waals surface area contributed by atoms with Gasteiger partial charge in [-0.3, -0.25) is 4.79 Å². The standard InChI is InChI=1S/C7H10N4O2S/c1-13-6(12)5-2-3-11(4-5)7-8-9-10-14-7/h5H,2-4H2,1H3. The van der Waals surface area contributed by atoms with Crippen LogP contribution < -0.4 is 4.90 Å². The number of hydrogen-bond acceptors (Lipinski definition) is 7. The Hall–Kier alpha value is -1.24. The van der Waals surface area contributed by atoms with E-state index in [4.69, 9.17) is 0 Å². The van der Waals surface area contributed by atoms with Crippen molar-refractivity contribution in [3.63, 3.8) is 0 Å². The number of rotatable bonds is 2. The molecule has 6 nitrogen and oxygen atoms in total. The van der Waals surface area contributed by atoms with Gasteiger partial charge in [-0.1, -0.05) is 9.59 Å². The van der Waals surface area contributed by atoms with Crippen LogP contribution in [-0.4, -0.2) is 41.0 Å². The minimum atomic E-state index is -0.148. The van der Waals surface area contributed by atoms with E-state index in [0.717, 1.165) is 18.1 Å². The molecule has 0 bridgehead atoms. The van der Waals surface area contributed by atoms with Crippen molar-refractivity contribution in [1.82, 2.24) is 14.8 Å². The molecule has 76 valence electrons. The second kappa shape index (κ2) is 3.87. The Balaban J connectivity index is 1.98. The molecule has 14 heavy (non-hydrogen) atoms. The molecular formula is C7H10N4O2S. The molecule has 0 radical (unpaired) electrons. The van der Waals surface area contributed by atoms with Gasteiger partial charge >= 0.3 is 5.97 Å². The van der Waals surface area contributed by atoms with Crippen LogP contribution in [0.1, 0.15) is 6.42 Å². The Kier molecular flexibility index (Phi) is 2.58. The molecular weight excluding hydrogens is 204 g/mol. The second-order valence-electron chi connectivity index (χ2n) is 3.10. The maximum atomic E-state index is 11.2. The summed E-state index contributed by atoms with van der Waals surface area (Å²) in [7, 11) is 1.41. The van der Waals surface area contributed by atoms with Crippen molar-refractivity contribution in [1.29, 1.82) is 0 Å². The van der Waals surface area contributed by atoms with Crippen LogP contribution in [0, 0.1) is 5.92 Å². The van der Waals surface area contributed by atoms with Gasteiger partial charge in [0.1, 0.15) is 0 Å². The molecule has 0 aromatic carbocycles. The Morgan fingerprint density at radius 2 is 2.57 bits per heavy atom. The van der Waals surface area contributed by atoms with Gasteiger partial charge in [0.2, 0.25) is 5.13 Å². The Morgan fingerprint density at radius 3 is 3.21 bits per heavy atom. The third-order valence-corrected chi connectivity index (χ3v) is 2.94. The molecule has 0 N–H and O–H groups in total. The van der Waals surface area contributed by atoms with Crippen molar-refractivity contribution in [2.45, 2.75) is 6.42 Å². The maximum Gasteiger partial charge on any atom is 0.310 e. The summed E-state index contributed by atoms with van der Waals surface area (Å²) < 4.78 is 8.37. The van der Waals surface area contributed by atoms with E-state index in [-0.39, 0.29) is 11.9 Å². The van der Waals surface area contributed by atoms with Crippen LogP contribution in [0.15, 0.2) is 0 Å². The average molecular weight is 214 g/mol. The lowest BCUT2D eigenvalue weighted by molar-refractivity contribution is -0.144. The molecule has 0 amide bonds. The summed E-state index contributed by atoms with van der Waals surface area (Å²) in [6.45, 7) is 1.47. The third kappa shape index (κ3) is 1.67. The number of carbonyl (C=O) groups excluding carboxylic acids is 1. The van der Waals surface area contributed by atoms with Gasteiger partial charge < -0.3 is 9.64 Å². The number of hydrogen-bond donors (Lipinski definition) is 0. The Morgan fingerprint density at radius 1 is 1.71 bits per heavy atom. The van der Waals surface area contributed by atoms with Gasteiger partial charge in [-0.05, 0) is 11.6 Å². The number of carbonyl (C=O) groups is 1. The molecule has 1 aromatic heterocycles. The lowest BCUT2D eigenvalue weighted by Gasteiger charge is -2.12. The first-order valence-corrected chi connectivity index (χ1v) is 5.06. The molecule has 1 saturated heterocycles. The smallest absolute Gasteiger partial charge is 0.310 e. The number of esters is 1. The van der Waals surface area contributed by atoms with Crippen LogP contribution in [0.25, 0.3) is 0 Å². The van der Waals surface area contributed by atoms with E-state index >= 15 is 0 Å². The van der Waals surface area contributed by atoms with Crippen molar-refractivity contribution >= 4 is 22.6 Å². The fourth-order valence-electron chi connectivity index (χ4n) is 1.54. The van der Waals surface area contributed by atoms with Gasteiger partial charge in [0.25, 0.3) is 0 Å². The molecule has 0 spiro atoms. The van der Waals surface area contributed by atoms with Crippen molar-refractivity contribution in [3.8, 4) is 0 Å². The number of aromatic nitrogens is 3. The fourth-order valence-corrected chi connectivity index (χ4v) is 2.04. The second-order valence-corrected chi connectivity index (χ2v) is 3.81. The van der Waals surface area contributed by atoms with E-state index in [0.29, 0.717) is 6.54 Å². The summed E-state index contributed by atoms with van der Waals surface area (Å²) in [6.07, 6.45) is 0.812. The molecule has 1 unspecified atom stereocenters. The molecule has 1 aliphatic rings. The van der Waals surface area contributed by atoms with Crippen molar-refractivity contribution in [2.75, 3.05) is 25.1 Å². The van der Waals surface area contributed by atoms with Gasteiger partial charge in [0.15, 0.2) is 0 Å². The predicted octanol–water partition coefficient (Wildman–Crippen LogP) is -0.0676. The van der Waals surface area contributed by atoms with E-state index in [1.54, 1.807) is 0 Å². The van der Waals surface area contributed by atoms with Crippen molar-refractivity contribution in [2.24, 2.45) is 5.92 Å². The van der Waals surface area contributed by atoms with E-state index in [1.165, 1.54) is 18.6 Å². The lowest BCUT2D eigenvalue weighted by atomic mass is 10.1. The zero-order chi connectivity index (χ0) is 9.97. The van der Waals surface area contributed by atoms with Gasteiger partial charge in [-0.15, -0.1) is 0 Å². The summed E-state index contributed by atoms with van der Waals surface area (Å²) in [5.74, 6) is -0.186. The quantitative estimate of drug-likeness (QED) is 0.642. The molecule has 1 aliphatic heterocycles. The van der Waals surface area contributed by atoms with Gasteiger partial charge in [-0.2, -0.15) is 0 Å². The SMILES string of the molecule is COC(=O)C1CCN(c2nnns2)C1. The van der Waals surface area contributed by atoms with Crippen LogP contribution in [0.5, 0.6) is 0 Å². The van der Waals surface area contributed by atoms with Gasteiger partial charge in [0.05, 0.1) is 13.0 Å². The summed E-state index contributed by atoms with van der Waals surface area (Å²) in [4.78, 5) is 13.2. The Labute approximate surface area is 85.0 Å². The predicted molar refractivity (Wildman–Crippen MR) is 50.0 cm³/mol. The van der Waals surface area contributed by atoms with Crippen LogP contribution in [0.2, 0.25) is 0 Å². The zero-order valence-electron chi connectivity index (χ0n) is 7.71. The van der Waals surface area contributed by atoms with Crippen LogP contribution in [0.4, 0.5) is 5.13 Å². The number of nitrogens with zero attached hydrogens (tertiary/aromatic N) is 4. The van der Waals surface area contributed by atoms with Crippen LogP contribution >= 0.6 is 11.5 Å². The lowest BCUT2D eigenvalue weighted by Crippen LogP contribution is -2.23. The molecule has 2 rings (SSSR count). The van der Waals surface area contributed by atoms with Crippen molar-refractivity contribution in [3.05, 3.63) is 0 Å². The zero-order valence-corrected chi connectivity index (χ0v) is 8.53. The fraction of sp³-hybridized carbons (Fsp3) is 0.714. The largest absolute Gasteiger partial charge is 0.469 e. The van der Waals surface area contributed by atoms with E-state index in [9.17, 15) is 4.79 Å². The van der Waals surface area contributed by atoms with Gasteiger partial charge in [0, 0.05) is 24.6 Å². The molecule has 1 aromatic rings. The van der Waals surface area contributed by atoms with Crippen LogP contribution in [0.3, 0.4) is 0 Å². The minimum absolute atomic E-state index is 0.0381. The molecule has 0 saturated carbocycles. The normalized spacial score (nSPS) is 21.2. The average Bonchev–Trinajstić information content (AvgIpc) is 2.86. The van der Waals surface area contributed by atoms with E-state index in [2.05, 4.69) is 19.5 Å². The highest BCUT2D eigenvalue weighted by molar-refractivity contribution is 7.09. The highest BCUT2D eigenvalue weighted by atomic mass is 32.1. The molecule has 1 fully saturated rings. The summed E-state index contributed by atoms with van der Waals surface area (Å²) in [5.41, 5.74) is 0. The summed E-state index contributed by atoms with van der Waals surface area (Å²) in [5, 5.41) is 8.14. The number of methoxy groups -OCH3 is 1. The molecule has 0 aliphatic carbocycles. The first-order chi connectivity index (χ1) is 6.81. The molecule has 2 heterocycles. The first-order valence-electron chi connectivity index (χ1n) is 4.29. The third-order valence-electron chi connectivity index (χ3n) is 2.28.